The number of ketones is 1. The number of carboxylic acids is 1. The molecule has 0 aliphatic heterocycles. The number of hydrogen-bond donors (Lipinski definition) is 1. The largest absolute Gasteiger partial charge is 0.548 e. The van der Waals surface area contributed by atoms with Crippen LogP contribution in [0.3, 0.4) is 0 Å². The zero-order chi connectivity index (χ0) is 15.2. The maximum atomic E-state index is 12.1. The number of carbonyl (C=O) groups excluding carboxylic acids is 2. The Labute approximate surface area is 130 Å². The number of carboxylic acid groups (broad SMARTS) is 1. The van der Waals surface area contributed by atoms with Crippen LogP contribution in [0.15, 0.2) is 59.1 Å². The van der Waals surface area contributed by atoms with Crippen molar-refractivity contribution in [3.8, 4) is 0 Å². The highest BCUT2D eigenvalue weighted by Crippen LogP contribution is 2.16. The van der Waals surface area contributed by atoms with Crippen LogP contribution in [0.2, 0.25) is 0 Å². The third-order valence-electron chi connectivity index (χ3n) is 2.95. The predicted molar refractivity (Wildman–Crippen MR) is 81.9 cm³/mol. The first kappa shape index (κ1) is 15.3. The molecule has 21 heavy (non-hydrogen) atoms. The van der Waals surface area contributed by atoms with Crippen LogP contribution in [0.4, 0.5) is 5.69 Å². The van der Waals surface area contributed by atoms with Crippen molar-refractivity contribution in [1.29, 1.82) is 0 Å². The first-order valence-electron chi connectivity index (χ1n) is 6.37. The van der Waals surface area contributed by atoms with Crippen molar-refractivity contribution < 1.29 is 14.7 Å². The summed E-state index contributed by atoms with van der Waals surface area (Å²) in [5.41, 5.74) is 1.11. The molecule has 2 aromatic rings. The third-order valence-corrected chi connectivity index (χ3v) is 3.48. The van der Waals surface area contributed by atoms with E-state index in [9.17, 15) is 14.7 Å². The molecule has 0 spiro atoms. The van der Waals surface area contributed by atoms with Gasteiger partial charge >= 0.3 is 0 Å². The maximum absolute atomic E-state index is 12.1. The van der Waals surface area contributed by atoms with E-state index in [0.717, 1.165) is 4.47 Å². The van der Waals surface area contributed by atoms with Gasteiger partial charge in [0.2, 0.25) is 0 Å². The molecule has 0 aliphatic rings. The fourth-order valence-electron chi connectivity index (χ4n) is 1.87. The highest BCUT2D eigenvalue weighted by molar-refractivity contribution is 9.10. The van der Waals surface area contributed by atoms with Gasteiger partial charge in [-0.2, -0.15) is 0 Å². The van der Waals surface area contributed by atoms with Crippen molar-refractivity contribution in [2.45, 2.75) is 12.5 Å². The van der Waals surface area contributed by atoms with E-state index >= 15 is 0 Å². The van der Waals surface area contributed by atoms with E-state index in [4.69, 9.17) is 0 Å². The zero-order valence-electron chi connectivity index (χ0n) is 11.1. The summed E-state index contributed by atoms with van der Waals surface area (Å²) in [6.45, 7) is 0. The number of anilines is 1. The smallest absolute Gasteiger partial charge is 0.165 e. The number of hydrogen-bond acceptors (Lipinski definition) is 4. The molecule has 4 nitrogen and oxygen atoms in total. The summed E-state index contributed by atoms with van der Waals surface area (Å²) in [7, 11) is 0. The Morgan fingerprint density at radius 1 is 1.05 bits per heavy atom. The van der Waals surface area contributed by atoms with Crippen molar-refractivity contribution in [1.82, 2.24) is 0 Å². The SMILES string of the molecule is O=C(C[C@H](Nc1ccc(Br)cc1)C(=O)[O-])c1ccccc1. The van der Waals surface area contributed by atoms with Gasteiger partial charge in [0.05, 0.1) is 12.0 Å². The van der Waals surface area contributed by atoms with Gasteiger partial charge < -0.3 is 15.2 Å². The monoisotopic (exact) mass is 346 g/mol. The van der Waals surface area contributed by atoms with Crippen LogP contribution in [0.25, 0.3) is 0 Å². The molecule has 2 aromatic carbocycles. The molecule has 0 radical (unpaired) electrons. The molecule has 0 bridgehead atoms. The summed E-state index contributed by atoms with van der Waals surface area (Å²) in [6.07, 6.45) is -0.164. The van der Waals surface area contributed by atoms with Gasteiger partial charge in [-0.25, -0.2) is 0 Å². The van der Waals surface area contributed by atoms with Crippen molar-refractivity contribution in [3.63, 3.8) is 0 Å². The van der Waals surface area contributed by atoms with Crippen LogP contribution in [0.5, 0.6) is 0 Å². The lowest BCUT2D eigenvalue weighted by Gasteiger charge is -2.20. The number of nitrogens with one attached hydrogen (secondary N) is 1. The Morgan fingerprint density at radius 3 is 2.24 bits per heavy atom. The Bertz CT molecular complexity index is 626. The van der Waals surface area contributed by atoms with Gasteiger partial charge in [0, 0.05) is 22.1 Å². The van der Waals surface area contributed by atoms with E-state index in [0.29, 0.717) is 11.3 Å². The van der Waals surface area contributed by atoms with Crippen LogP contribution < -0.4 is 10.4 Å². The Kier molecular flexibility index (Phi) is 5.11. The first-order valence-corrected chi connectivity index (χ1v) is 7.17. The second-order valence-electron chi connectivity index (χ2n) is 4.52. The summed E-state index contributed by atoms with van der Waals surface area (Å²) < 4.78 is 0.887. The van der Waals surface area contributed by atoms with Crippen molar-refractivity contribution >= 4 is 33.4 Å². The molecule has 2 rings (SSSR count). The van der Waals surface area contributed by atoms with Gasteiger partial charge in [0.1, 0.15) is 0 Å². The Hall–Kier alpha value is -2.14. The van der Waals surface area contributed by atoms with E-state index in [1.165, 1.54) is 0 Å². The average molecular weight is 347 g/mol. The molecule has 5 heteroatoms. The molecule has 0 saturated heterocycles. The maximum Gasteiger partial charge on any atom is 0.165 e. The van der Waals surface area contributed by atoms with E-state index in [-0.39, 0.29) is 12.2 Å². The molecular weight excluding hydrogens is 334 g/mol. The lowest BCUT2D eigenvalue weighted by atomic mass is 10.0. The minimum Gasteiger partial charge on any atom is -0.548 e. The summed E-state index contributed by atoms with van der Waals surface area (Å²) in [4.78, 5) is 23.3. The fourth-order valence-corrected chi connectivity index (χ4v) is 2.13. The van der Waals surface area contributed by atoms with Gasteiger partial charge in [0.15, 0.2) is 5.78 Å². The second-order valence-corrected chi connectivity index (χ2v) is 5.43. The minimum atomic E-state index is -1.30. The van der Waals surface area contributed by atoms with Gasteiger partial charge in [0.25, 0.3) is 0 Å². The number of carbonyl (C=O) groups is 2. The van der Waals surface area contributed by atoms with Crippen LogP contribution in [0.1, 0.15) is 16.8 Å². The van der Waals surface area contributed by atoms with E-state index in [2.05, 4.69) is 21.2 Å². The lowest BCUT2D eigenvalue weighted by Crippen LogP contribution is -2.42. The highest BCUT2D eigenvalue weighted by atomic mass is 79.9. The molecule has 0 saturated carbocycles. The molecular formula is C16H13BrNO3-. The van der Waals surface area contributed by atoms with Crippen LogP contribution in [-0.2, 0) is 4.79 Å². The summed E-state index contributed by atoms with van der Waals surface area (Å²) in [5, 5.41) is 14.0. The Balaban J connectivity index is 2.07. The molecule has 0 fully saturated rings. The fraction of sp³-hybridized carbons (Fsp3) is 0.125. The van der Waals surface area contributed by atoms with Gasteiger partial charge in [-0.15, -0.1) is 0 Å². The van der Waals surface area contributed by atoms with Crippen LogP contribution in [-0.4, -0.2) is 17.8 Å². The molecule has 0 heterocycles. The van der Waals surface area contributed by atoms with Gasteiger partial charge in [-0.05, 0) is 24.3 Å². The normalized spacial score (nSPS) is 11.7. The molecule has 108 valence electrons. The molecule has 1 N–H and O–H groups in total. The summed E-state index contributed by atoms with van der Waals surface area (Å²) >= 11 is 3.30. The van der Waals surface area contributed by atoms with E-state index in [1.807, 2.05) is 0 Å². The number of rotatable bonds is 6. The first-order chi connectivity index (χ1) is 10.1. The summed E-state index contributed by atoms with van der Waals surface area (Å²) in [5.74, 6) is -1.54. The van der Waals surface area contributed by atoms with Crippen molar-refractivity contribution in [3.05, 3.63) is 64.6 Å². The second kappa shape index (κ2) is 7.04. The number of Topliss-reactive ketones (excluding diaryl/α,β-unsaturated/α-hetero) is 1. The molecule has 0 aliphatic carbocycles. The minimum absolute atomic E-state index is 0.164. The third kappa shape index (κ3) is 4.43. The molecule has 0 amide bonds. The van der Waals surface area contributed by atoms with Crippen molar-refractivity contribution in [2.24, 2.45) is 0 Å². The highest BCUT2D eigenvalue weighted by Gasteiger charge is 2.16. The van der Waals surface area contributed by atoms with Gasteiger partial charge in [-0.3, -0.25) is 4.79 Å². The molecule has 1 atom stereocenters. The lowest BCUT2D eigenvalue weighted by molar-refractivity contribution is -0.306. The van der Waals surface area contributed by atoms with Crippen molar-refractivity contribution in [2.75, 3.05) is 5.32 Å². The number of benzene rings is 2. The quantitative estimate of drug-likeness (QED) is 0.814. The topological polar surface area (TPSA) is 69.2 Å². The van der Waals surface area contributed by atoms with E-state index in [1.54, 1.807) is 54.6 Å². The average Bonchev–Trinajstić information content (AvgIpc) is 2.49. The Morgan fingerprint density at radius 2 is 1.67 bits per heavy atom. The molecule has 0 unspecified atom stereocenters. The molecule has 0 aromatic heterocycles. The summed E-state index contributed by atoms with van der Waals surface area (Å²) in [6, 6.07) is 14.6. The van der Waals surface area contributed by atoms with Gasteiger partial charge in [-0.1, -0.05) is 46.3 Å². The van der Waals surface area contributed by atoms with Crippen LogP contribution in [0, 0.1) is 0 Å². The number of halogens is 1. The predicted octanol–water partition coefficient (Wildman–Crippen LogP) is 2.25. The number of aliphatic carboxylic acids is 1. The van der Waals surface area contributed by atoms with Crippen LogP contribution >= 0.6 is 15.9 Å². The standard InChI is InChI=1S/C16H14BrNO3/c17-12-6-8-13(9-7-12)18-14(16(20)21)10-15(19)11-4-2-1-3-5-11/h1-9,14,18H,10H2,(H,20,21)/p-1/t14-/m0/s1. The zero-order valence-corrected chi connectivity index (χ0v) is 12.7. The van der Waals surface area contributed by atoms with E-state index < -0.39 is 12.0 Å².